The lowest BCUT2D eigenvalue weighted by atomic mass is 10.1. The second-order valence-electron chi connectivity index (χ2n) is 6.74. The minimum atomic E-state index is -0.647. The van der Waals surface area contributed by atoms with Crippen LogP contribution >= 0.6 is 0 Å². The third-order valence-corrected chi connectivity index (χ3v) is 3.74. The molecule has 134 valence electrons. The molecule has 0 aliphatic rings. The second kappa shape index (κ2) is 7.53. The third kappa shape index (κ3) is 5.19. The fourth-order valence-electron chi connectivity index (χ4n) is 2.41. The molecule has 1 aromatic heterocycles. The van der Waals surface area contributed by atoms with E-state index in [1.54, 1.807) is 58.0 Å². The molecule has 6 nitrogen and oxygen atoms in total. The standard InChI is InChI=1S/C19H24N2O4/c1-12-9-16(13(2)25-12)18(24)20-15-7-5-14(6-8-15)10-17(23)21-19(3,4)11-22/h5-9,22H,10-11H2,1-4H3,(H,20,24)(H,21,23). The topological polar surface area (TPSA) is 91.6 Å². The van der Waals surface area contributed by atoms with E-state index in [1.165, 1.54) is 0 Å². The summed E-state index contributed by atoms with van der Waals surface area (Å²) in [7, 11) is 0. The summed E-state index contributed by atoms with van der Waals surface area (Å²) in [4.78, 5) is 24.2. The molecule has 25 heavy (non-hydrogen) atoms. The maximum absolute atomic E-state index is 12.2. The van der Waals surface area contributed by atoms with Crippen LogP contribution in [0.1, 0.15) is 41.3 Å². The molecule has 3 N–H and O–H groups in total. The van der Waals surface area contributed by atoms with E-state index in [0.29, 0.717) is 22.8 Å². The number of carbonyl (C=O) groups excluding carboxylic acids is 2. The van der Waals surface area contributed by atoms with Crippen molar-refractivity contribution in [3.8, 4) is 0 Å². The summed E-state index contributed by atoms with van der Waals surface area (Å²) in [5, 5.41) is 14.8. The number of nitrogens with one attached hydrogen (secondary N) is 2. The lowest BCUT2D eigenvalue weighted by molar-refractivity contribution is -0.122. The predicted molar refractivity (Wildman–Crippen MR) is 95.6 cm³/mol. The van der Waals surface area contributed by atoms with Crippen LogP contribution in [0.3, 0.4) is 0 Å². The van der Waals surface area contributed by atoms with Crippen LogP contribution in [-0.2, 0) is 11.2 Å². The lowest BCUT2D eigenvalue weighted by Gasteiger charge is -2.23. The average Bonchev–Trinajstić information content (AvgIpc) is 2.87. The maximum atomic E-state index is 12.2. The number of aliphatic hydroxyl groups is 1. The Hall–Kier alpha value is -2.60. The first-order valence-electron chi connectivity index (χ1n) is 8.09. The summed E-state index contributed by atoms with van der Waals surface area (Å²) in [5.41, 5.74) is 1.32. The van der Waals surface area contributed by atoms with E-state index in [0.717, 1.165) is 5.56 Å². The molecule has 0 atom stereocenters. The highest BCUT2D eigenvalue weighted by atomic mass is 16.3. The Kier molecular flexibility index (Phi) is 5.64. The fourth-order valence-corrected chi connectivity index (χ4v) is 2.41. The van der Waals surface area contributed by atoms with Crippen LogP contribution in [0.5, 0.6) is 0 Å². The van der Waals surface area contributed by atoms with Crippen LogP contribution in [0.4, 0.5) is 5.69 Å². The minimum absolute atomic E-state index is 0.128. The van der Waals surface area contributed by atoms with Gasteiger partial charge in [0.2, 0.25) is 5.91 Å². The molecular formula is C19H24N2O4. The van der Waals surface area contributed by atoms with Crippen molar-refractivity contribution in [3.63, 3.8) is 0 Å². The van der Waals surface area contributed by atoms with Crippen LogP contribution in [0.2, 0.25) is 0 Å². The second-order valence-corrected chi connectivity index (χ2v) is 6.74. The average molecular weight is 344 g/mol. The van der Waals surface area contributed by atoms with Crippen LogP contribution in [0.15, 0.2) is 34.7 Å². The summed E-state index contributed by atoms with van der Waals surface area (Å²) in [5.74, 6) is 0.870. The van der Waals surface area contributed by atoms with Gasteiger partial charge in [-0.2, -0.15) is 0 Å². The minimum Gasteiger partial charge on any atom is -0.466 e. The zero-order chi connectivity index (χ0) is 18.6. The van der Waals surface area contributed by atoms with Gasteiger partial charge in [-0.15, -0.1) is 0 Å². The van der Waals surface area contributed by atoms with Crippen molar-refractivity contribution >= 4 is 17.5 Å². The Balaban J connectivity index is 1.97. The molecule has 0 spiro atoms. The van der Waals surface area contributed by atoms with Crippen LogP contribution in [0.25, 0.3) is 0 Å². The Morgan fingerprint density at radius 3 is 2.32 bits per heavy atom. The quantitative estimate of drug-likeness (QED) is 0.751. The van der Waals surface area contributed by atoms with Gasteiger partial charge in [0.15, 0.2) is 0 Å². The lowest BCUT2D eigenvalue weighted by Crippen LogP contribution is -2.46. The zero-order valence-electron chi connectivity index (χ0n) is 15.0. The Bertz CT molecular complexity index is 760. The highest BCUT2D eigenvalue weighted by Gasteiger charge is 2.19. The molecule has 2 aromatic rings. The summed E-state index contributed by atoms with van der Waals surface area (Å²) in [6.45, 7) is 6.92. The number of amides is 2. The molecule has 1 aromatic carbocycles. The predicted octanol–water partition coefficient (Wildman–Crippen LogP) is 2.58. The van der Waals surface area contributed by atoms with Crippen molar-refractivity contribution in [2.24, 2.45) is 0 Å². The number of carbonyl (C=O) groups is 2. The summed E-state index contributed by atoms with van der Waals surface area (Å²) in [6, 6.07) is 8.77. The van der Waals surface area contributed by atoms with Gasteiger partial charge < -0.3 is 20.2 Å². The molecule has 2 rings (SSSR count). The van der Waals surface area contributed by atoms with Crippen molar-refractivity contribution in [1.82, 2.24) is 5.32 Å². The van der Waals surface area contributed by atoms with Crippen molar-refractivity contribution in [1.29, 1.82) is 0 Å². The highest BCUT2D eigenvalue weighted by Crippen LogP contribution is 2.17. The molecule has 0 unspecified atom stereocenters. The number of benzene rings is 1. The Morgan fingerprint density at radius 1 is 1.16 bits per heavy atom. The van der Waals surface area contributed by atoms with Gasteiger partial charge in [-0.25, -0.2) is 0 Å². The number of anilines is 1. The SMILES string of the molecule is Cc1cc(C(=O)Nc2ccc(CC(=O)NC(C)(C)CO)cc2)c(C)o1. The van der Waals surface area contributed by atoms with Gasteiger partial charge in [0.05, 0.1) is 24.1 Å². The molecule has 6 heteroatoms. The maximum Gasteiger partial charge on any atom is 0.259 e. The summed E-state index contributed by atoms with van der Waals surface area (Å²) >= 11 is 0. The highest BCUT2D eigenvalue weighted by molar-refractivity contribution is 6.05. The van der Waals surface area contributed by atoms with E-state index < -0.39 is 5.54 Å². The molecule has 0 fully saturated rings. The van der Waals surface area contributed by atoms with Crippen molar-refractivity contribution in [2.45, 2.75) is 39.7 Å². The van der Waals surface area contributed by atoms with Gasteiger partial charge in [0.1, 0.15) is 11.5 Å². The zero-order valence-corrected chi connectivity index (χ0v) is 15.0. The molecule has 1 heterocycles. The van der Waals surface area contributed by atoms with Crippen LogP contribution in [0, 0.1) is 13.8 Å². The van der Waals surface area contributed by atoms with Gasteiger partial charge in [0.25, 0.3) is 5.91 Å². The van der Waals surface area contributed by atoms with Crippen molar-refractivity contribution in [3.05, 3.63) is 53.0 Å². The van der Waals surface area contributed by atoms with Gasteiger partial charge >= 0.3 is 0 Å². The first kappa shape index (κ1) is 18.7. The van der Waals surface area contributed by atoms with Gasteiger partial charge in [0, 0.05) is 5.69 Å². The number of aryl methyl sites for hydroxylation is 2. The smallest absolute Gasteiger partial charge is 0.259 e. The number of hydrogen-bond donors (Lipinski definition) is 3. The van der Waals surface area contributed by atoms with E-state index in [4.69, 9.17) is 4.42 Å². The monoisotopic (exact) mass is 344 g/mol. The number of rotatable bonds is 6. The largest absolute Gasteiger partial charge is 0.466 e. The van der Waals surface area contributed by atoms with E-state index in [-0.39, 0.29) is 24.8 Å². The summed E-state index contributed by atoms with van der Waals surface area (Å²) in [6.07, 6.45) is 0.206. The van der Waals surface area contributed by atoms with Crippen molar-refractivity contribution in [2.75, 3.05) is 11.9 Å². The Morgan fingerprint density at radius 2 is 1.80 bits per heavy atom. The molecule has 0 aliphatic heterocycles. The molecular weight excluding hydrogens is 320 g/mol. The first-order valence-corrected chi connectivity index (χ1v) is 8.09. The van der Waals surface area contributed by atoms with Gasteiger partial charge in [-0.1, -0.05) is 12.1 Å². The molecule has 2 amide bonds. The molecule has 0 aliphatic carbocycles. The van der Waals surface area contributed by atoms with E-state index >= 15 is 0 Å². The normalized spacial score (nSPS) is 11.2. The third-order valence-electron chi connectivity index (χ3n) is 3.74. The van der Waals surface area contributed by atoms with Gasteiger partial charge in [-0.05, 0) is 51.5 Å². The van der Waals surface area contributed by atoms with E-state index in [9.17, 15) is 14.7 Å². The molecule has 0 radical (unpaired) electrons. The van der Waals surface area contributed by atoms with Crippen LogP contribution < -0.4 is 10.6 Å². The summed E-state index contributed by atoms with van der Waals surface area (Å²) < 4.78 is 5.36. The fraction of sp³-hybridized carbons (Fsp3) is 0.368. The van der Waals surface area contributed by atoms with E-state index in [2.05, 4.69) is 10.6 Å². The number of aliphatic hydroxyl groups excluding tert-OH is 1. The molecule has 0 bridgehead atoms. The first-order chi connectivity index (χ1) is 11.7. The van der Waals surface area contributed by atoms with Crippen molar-refractivity contribution < 1.29 is 19.1 Å². The Labute approximate surface area is 147 Å². The number of furan rings is 1. The van der Waals surface area contributed by atoms with Crippen LogP contribution in [-0.4, -0.2) is 29.1 Å². The van der Waals surface area contributed by atoms with E-state index in [1.807, 2.05) is 0 Å². The molecule has 0 saturated heterocycles. The number of hydrogen-bond acceptors (Lipinski definition) is 4. The molecule has 0 saturated carbocycles. The van der Waals surface area contributed by atoms with Gasteiger partial charge in [-0.3, -0.25) is 9.59 Å².